The number of nitrogens with one attached hydrogen (secondary N) is 1. The second kappa shape index (κ2) is 6.41. The first-order valence-corrected chi connectivity index (χ1v) is 8.69. The number of hydrogen-bond acceptors (Lipinski definition) is 6. The molecule has 3 aromatic heterocycles. The van der Waals surface area contributed by atoms with Crippen LogP contribution in [0.2, 0.25) is 0 Å². The fourth-order valence-electron chi connectivity index (χ4n) is 2.64. The van der Waals surface area contributed by atoms with E-state index in [1.165, 1.54) is 5.56 Å². The number of fused-ring (bicyclic) bond motifs is 1. The third kappa shape index (κ3) is 2.76. The average Bonchev–Trinajstić information content (AvgIpc) is 3.28. The Labute approximate surface area is 143 Å². The lowest BCUT2D eigenvalue weighted by Crippen LogP contribution is -2.01. The maximum atomic E-state index is 5.44. The molecule has 120 valence electrons. The molecule has 24 heavy (non-hydrogen) atoms. The Morgan fingerprint density at radius 2 is 2.04 bits per heavy atom. The molecule has 6 heteroatoms. The van der Waals surface area contributed by atoms with E-state index in [-0.39, 0.29) is 0 Å². The molecule has 0 saturated heterocycles. The summed E-state index contributed by atoms with van der Waals surface area (Å²) >= 11 is 1.65. The number of hydrogen-bond donors (Lipinski definition) is 1. The van der Waals surface area contributed by atoms with Crippen molar-refractivity contribution in [1.82, 2.24) is 15.1 Å². The first kappa shape index (κ1) is 14.8. The second-order valence-electron chi connectivity index (χ2n) is 5.41. The van der Waals surface area contributed by atoms with Crippen LogP contribution in [0.1, 0.15) is 18.2 Å². The molecule has 0 aliphatic carbocycles. The number of rotatable bonds is 5. The zero-order valence-corrected chi connectivity index (χ0v) is 14.0. The van der Waals surface area contributed by atoms with E-state index in [4.69, 9.17) is 4.52 Å². The van der Waals surface area contributed by atoms with Crippen LogP contribution in [0.5, 0.6) is 0 Å². The van der Waals surface area contributed by atoms with Crippen LogP contribution >= 0.6 is 11.3 Å². The smallest absolute Gasteiger partial charge is 0.156 e. The number of nitrogens with zero attached hydrogens (tertiary/aromatic N) is 3. The van der Waals surface area contributed by atoms with E-state index in [0.717, 1.165) is 39.5 Å². The lowest BCUT2D eigenvalue weighted by atomic mass is 10.1. The Bertz CT molecular complexity index is 961. The Hall–Kier alpha value is -2.73. The number of aryl methyl sites for hydroxylation is 1. The van der Waals surface area contributed by atoms with Crippen LogP contribution < -0.4 is 5.32 Å². The van der Waals surface area contributed by atoms with Crippen LogP contribution in [0.3, 0.4) is 0 Å². The molecule has 1 aromatic carbocycles. The van der Waals surface area contributed by atoms with Crippen LogP contribution in [-0.2, 0) is 13.0 Å². The highest BCUT2D eigenvalue weighted by Crippen LogP contribution is 2.30. The van der Waals surface area contributed by atoms with Gasteiger partial charge in [0.05, 0.1) is 11.9 Å². The van der Waals surface area contributed by atoms with Gasteiger partial charge < -0.3 is 9.84 Å². The van der Waals surface area contributed by atoms with E-state index in [1.54, 1.807) is 17.7 Å². The summed E-state index contributed by atoms with van der Waals surface area (Å²) < 4.78 is 5.44. The molecule has 4 aromatic rings. The van der Waals surface area contributed by atoms with Gasteiger partial charge in [0, 0.05) is 11.6 Å². The summed E-state index contributed by atoms with van der Waals surface area (Å²) in [7, 11) is 0. The van der Waals surface area contributed by atoms with Crippen molar-refractivity contribution in [3.63, 3.8) is 0 Å². The largest absolute Gasteiger partial charge is 0.362 e. The monoisotopic (exact) mass is 336 g/mol. The molecule has 0 bridgehead atoms. The molecule has 0 amide bonds. The SMILES string of the molecule is CCc1csc2ncnc(NCc3cc(-c4ccccc4)no3)c12. The zero-order valence-electron chi connectivity index (χ0n) is 13.2. The zero-order chi connectivity index (χ0) is 16.4. The Kier molecular flexibility index (Phi) is 3.96. The Morgan fingerprint density at radius 1 is 1.17 bits per heavy atom. The van der Waals surface area contributed by atoms with E-state index in [9.17, 15) is 0 Å². The van der Waals surface area contributed by atoms with E-state index in [1.807, 2.05) is 36.4 Å². The molecule has 0 aliphatic rings. The van der Waals surface area contributed by atoms with Crippen molar-refractivity contribution in [2.45, 2.75) is 19.9 Å². The Balaban J connectivity index is 1.56. The predicted octanol–water partition coefficient (Wildman–Crippen LogP) is 4.52. The van der Waals surface area contributed by atoms with Crippen molar-refractivity contribution in [2.75, 3.05) is 5.32 Å². The van der Waals surface area contributed by atoms with Gasteiger partial charge in [-0.05, 0) is 17.4 Å². The van der Waals surface area contributed by atoms with Gasteiger partial charge in [-0.1, -0.05) is 42.4 Å². The number of aromatic nitrogens is 3. The van der Waals surface area contributed by atoms with Crippen LogP contribution in [0.25, 0.3) is 21.5 Å². The van der Waals surface area contributed by atoms with E-state index in [2.05, 4.69) is 32.7 Å². The van der Waals surface area contributed by atoms with E-state index in [0.29, 0.717) is 6.54 Å². The maximum absolute atomic E-state index is 5.44. The van der Waals surface area contributed by atoms with Gasteiger partial charge in [0.1, 0.15) is 22.7 Å². The molecule has 5 nitrogen and oxygen atoms in total. The molecule has 0 saturated carbocycles. The molecule has 3 heterocycles. The molecule has 4 rings (SSSR count). The normalized spacial score (nSPS) is 11.0. The molecule has 0 fully saturated rings. The Morgan fingerprint density at radius 3 is 2.88 bits per heavy atom. The summed E-state index contributed by atoms with van der Waals surface area (Å²) in [6.45, 7) is 2.67. The van der Waals surface area contributed by atoms with Gasteiger partial charge in [0.15, 0.2) is 5.76 Å². The van der Waals surface area contributed by atoms with Crippen LogP contribution in [0.4, 0.5) is 5.82 Å². The van der Waals surface area contributed by atoms with Gasteiger partial charge in [-0.3, -0.25) is 0 Å². The van der Waals surface area contributed by atoms with Gasteiger partial charge in [-0.2, -0.15) is 0 Å². The molecule has 0 aliphatic heterocycles. The number of thiophene rings is 1. The molecule has 0 radical (unpaired) electrons. The highest BCUT2D eigenvalue weighted by molar-refractivity contribution is 7.17. The lowest BCUT2D eigenvalue weighted by Gasteiger charge is -2.05. The average molecular weight is 336 g/mol. The fourth-order valence-corrected chi connectivity index (χ4v) is 3.63. The third-order valence-electron chi connectivity index (χ3n) is 3.89. The van der Waals surface area contributed by atoms with Crippen molar-refractivity contribution in [2.24, 2.45) is 0 Å². The second-order valence-corrected chi connectivity index (χ2v) is 6.27. The minimum absolute atomic E-state index is 0.533. The topological polar surface area (TPSA) is 63.8 Å². The van der Waals surface area contributed by atoms with Crippen LogP contribution in [-0.4, -0.2) is 15.1 Å². The molecular formula is C18H16N4OS. The molecule has 0 spiro atoms. The minimum Gasteiger partial charge on any atom is -0.362 e. The summed E-state index contributed by atoms with van der Waals surface area (Å²) in [5.41, 5.74) is 3.15. The van der Waals surface area contributed by atoms with E-state index >= 15 is 0 Å². The van der Waals surface area contributed by atoms with Crippen molar-refractivity contribution >= 4 is 27.4 Å². The number of anilines is 1. The van der Waals surface area contributed by atoms with Gasteiger partial charge in [-0.15, -0.1) is 11.3 Å². The van der Waals surface area contributed by atoms with Gasteiger partial charge in [0.2, 0.25) is 0 Å². The van der Waals surface area contributed by atoms with Gasteiger partial charge in [0.25, 0.3) is 0 Å². The lowest BCUT2D eigenvalue weighted by molar-refractivity contribution is 0.390. The number of benzene rings is 1. The van der Waals surface area contributed by atoms with Crippen molar-refractivity contribution in [3.8, 4) is 11.3 Å². The molecule has 1 N–H and O–H groups in total. The predicted molar refractivity (Wildman–Crippen MR) is 96.1 cm³/mol. The summed E-state index contributed by atoms with van der Waals surface area (Å²) in [6.07, 6.45) is 2.55. The quantitative estimate of drug-likeness (QED) is 0.580. The minimum atomic E-state index is 0.533. The van der Waals surface area contributed by atoms with Crippen molar-refractivity contribution < 1.29 is 4.52 Å². The van der Waals surface area contributed by atoms with Crippen LogP contribution in [0, 0.1) is 0 Å². The molecule has 0 unspecified atom stereocenters. The standard InChI is InChI=1S/C18H16N4OS/c1-2-12-10-24-18-16(12)17(20-11-21-18)19-9-14-8-15(22-23-14)13-6-4-3-5-7-13/h3-8,10-11H,2,9H2,1H3,(H,19,20,21). The van der Waals surface area contributed by atoms with Crippen molar-refractivity contribution in [3.05, 3.63) is 59.4 Å². The van der Waals surface area contributed by atoms with Crippen LogP contribution in [0.15, 0.2) is 52.6 Å². The highest BCUT2D eigenvalue weighted by atomic mass is 32.1. The molecule has 0 atom stereocenters. The molecular weight excluding hydrogens is 320 g/mol. The summed E-state index contributed by atoms with van der Waals surface area (Å²) in [6, 6.07) is 11.9. The first-order chi connectivity index (χ1) is 11.8. The maximum Gasteiger partial charge on any atom is 0.156 e. The fraction of sp³-hybridized carbons (Fsp3) is 0.167. The summed E-state index contributed by atoms with van der Waals surface area (Å²) in [4.78, 5) is 9.74. The van der Waals surface area contributed by atoms with Gasteiger partial charge >= 0.3 is 0 Å². The highest BCUT2D eigenvalue weighted by Gasteiger charge is 2.11. The van der Waals surface area contributed by atoms with E-state index < -0.39 is 0 Å². The van der Waals surface area contributed by atoms with Gasteiger partial charge in [-0.25, -0.2) is 9.97 Å². The first-order valence-electron chi connectivity index (χ1n) is 7.81. The summed E-state index contributed by atoms with van der Waals surface area (Å²) in [5, 5.41) is 10.7. The summed E-state index contributed by atoms with van der Waals surface area (Å²) in [5.74, 6) is 1.62. The third-order valence-corrected chi connectivity index (χ3v) is 4.82. The van der Waals surface area contributed by atoms with Crippen molar-refractivity contribution in [1.29, 1.82) is 0 Å².